The van der Waals surface area contributed by atoms with Crippen LogP contribution >= 0.6 is 0 Å². The van der Waals surface area contributed by atoms with Crippen molar-refractivity contribution in [2.45, 2.75) is 97.1 Å². The van der Waals surface area contributed by atoms with Crippen LogP contribution in [0.2, 0.25) is 18.1 Å². The highest BCUT2D eigenvalue weighted by atomic mass is 28.4. The van der Waals surface area contributed by atoms with Crippen molar-refractivity contribution in [2.75, 3.05) is 13.2 Å². The Hall–Kier alpha value is -1.80. The first-order valence-electron chi connectivity index (χ1n) is 11.5. The zero-order valence-electron chi connectivity index (χ0n) is 21.2. The second-order valence-corrected chi connectivity index (χ2v) is 15.9. The van der Waals surface area contributed by atoms with Crippen LogP contribution in [-0.2, 0) is 18.7 Å². The molecule has 1 aromatic rings. The summed E-state index contributed by atoms with van der Waals surface area (Å²) in [4.78, 5) is 27.3. The summed E-state index contributed by atoms with van der Waals surface area (Å²) in [6.45, 7) is 19.1. The number of carbonyl (C=O) groups excluding carboxylic acids is 2. The molecule has 1 aliphatic rings. The summed E-state index contributed by atoms with van der Waals surface area (Å²) >= 11 is 0. The van der Waals surface area contributed by atoms with Crippen molar-refractivity contribution in [1.29, 1.82) is 0 Å². The van der Waals surface area contributed by atoms with E-state index in [-0.39, 0.29) is 35.4 Å². The number of ether oxygens (including phenoxy) is 2. The van der Waals surface area contributed by atoms with Gasteiger partial charge in [-0.1, -0.05) is 20.8 Å². The first-order chi connectivity index (χ1) is 14.7. The number of nitrogens with zero attached hydrogens (tertiary/aromatic N) is 1. The number of rotatable bonds is 7. The lowest BCUT2D eigenvalue weighted by molar-refractivity contribution is -0.144. The van der Waals surface area contributed by atoms with Crippen molar-refractivity contribution in [3.8, 4) is 0 Å². The fraction of sp³-hybridized carbons (Fsp3) is 0.750. The first kappa shape index (κ1) is 26.4. The molecule has 1 saturated heterocycles. The van der Waals surface area contributed by atoms with Crippen LogP contribution in [0, 0.1) is 5.92 Å². The predicted molar refractivity (Wildman–Crippen MR) is 126 cm³/mol. The normalized spacial score (nSPS) is 22.2. The van der Waals surface area contributed by atoms with Crippen LogP contribution in [0.5, 0.6) is 0 Å². The molecule has 2 rings (SSSR count). The van der Waals surface area contributed by atoms with Crippen LogP contribution in [0.4, 0.5) is 4.79 Å². The van der Waals surface area contributed by atoms with E-state index < -0.39 is 20.0 Å². The minimum atomic E-state index is -2.00. The Bertz CT molecular complexity index is 762. The van der Waals surface area contributed by atoms with Gasteiger partial charge in [-0.15, -0.1) is 0 Å². The average molecular weight is 468 g/mol. The van der Waals surface area contributed by atoms with Crippen LogP contribution in [0.3, 0.4) is 0 Å². The third-order valence-electron chi connectivity index (χ3n) is 6.33. The van der Waals surface area contributed by atoms with Crippen molar-refractivity contribution >= 4 is 20.4 Å². The molecule has 0 N–H and O–H groups in total. The Morgan fingerprint density at radius 3 is 2.34 bits per heavy atom. The Morgan fingerprint density at radius 2 is 1.84 bits per heavy atom. The average Bonchev–Trinajstić information content (AvgIpc) is 3.25. The SMILES string of the molecule is CCOC(=O)C[C@@H]1C[C@H](CO[Si](C)(C)C(C)(C)C)[C@@H](c2ccco2)N1C(=O)OC(C)(C)C. The van der Waals surface area contributed by atoms with E-state index in [2.05, 4.69) is 33.9 Å². The molecule has 0 spiro atoms. The molecule has 1 amide bonds. The van der Waals surface area contributed by atoms with Crippen molar-refractivity contribution in [1.82, 2.24) is 4.90 Å². The summed E-state index contributed by atoms with van der Waals surface area (Å²) in [6, 6.07) is 2.96. The Balaban J connectivity index is 2.37. The fourth-order valence-electron chi connectivity index (χ4n) is 3.74. The van der Waals surface area contributed by atoms with Gasteiger partial charge in [0.15, 0.2) is 8.32 Å². The molecule has 2 heterocycles. The minimum absolute atomic E-state index is 0.0257. The van der Waals surface area contributed by atoms with Crippen molar-refractivity contribution in [2.24, 2.45) is 5.92 Å². The molecule has 0 aliphatic carbocycles. The molecule has 1 fully saturated rings. The van der Waals surface area contributed by atoms with Gasteiger partial charge in [-0.25, -0.2) is 4.79 Å². The summed E-state index contributed by atoms with van der Waals surface area (Å²) in [5.74, 6) is 0.323. The summed E-state index contributed by atoms with van der Waals surface area (Å²) in [5, 5.41) is 0.0704. The van der Waals surface area contributed by atoms with Crippen molar-refractivity contribution in [3.63, 3.8) is 0 Å². The van der Waals surface area contributed by atoms with Crippen LogP contribution in [0.1, 0.15) is 73.1 Å². The highest BCUT2D eigenvalue weighted by molar-refractivity contribution is 6.74. The van der Waals surface area contributed by atoms with Crippen molar-refractivity contribution in [3.05, 3.63) is 24.2 Å². The van der Waals surface area contributed by atoms with E-state index in [1.807, 2.05) is 32.9 Å². The maximum atomic E-state index is 13.3. The molecule has 32 heavy (non-hydrogen) atoms. The molecule has 1 aliphatic heterocycles. The quantitative estimate of drug-likeness (QED) is 0.366. The highest BCUT2D eigenvalue weighted by Crippen LogP contribution is 2.45. The van der Waals surface area contributed by atoms with E-state index in [4.69, 9.17) is 18.3 Å². The second-order valence-electron chi connectivity index (χ2n) is 11.1. The zero-order valence-corrected chi connectivity index (χ0v) is 22.2. The molecule has 8 heteroatoms. The standard InChI is InChI=1S/C24H41NO6Si/c1-10-28-20(26)15-18-14-17(16-30-32(8,9)24(5,6)7)21(19-12-11-13-29-19)25(18)22(27)31-23(2,3)4/h11-13,17-18,21H,10,14-16H2,1-9H3/t17-,18+,21+/m1/s1. The molecule has 0 radical (unpaired) electrons. The minimum Gasteiger partial charge on any atom is -0.467 e. The monoisotopic (exact) mass is 467 g/mol. The van der Waals surface area contributed by atoms with Gasteiger partial charge in [-0.05, 0) is 64.4 Å². The van der Waals surface area contributed by atoms with Gasteiger partial charge in [0, 0.05) is 18.6 Å². The molecule has 0 saturated carbocycles. The van der Waals surface area contributed by atoms with Gasteiger partial charge in [0.05, 0.1) is 25.3 Å². The van der Waals surface area contributed by atoms with E-state index in [1.54, 1.807) is 18.1 Å². The maximum Gasteiger partial charge on any atom is 0.411 e. The fourth-order valence-corrected chi connectivity index (χ4v) is 4.80. The molecule has 0 aromatic carbocycles. The molecule has 0 unspecified atom stereocenters. The lowest BCUT2D eigenvalue weighted by Crippen LogP contribution is -2.43. The number of esters is 1. The zero-order chi connectivity index (χ0) is 24.3. The van der Waals surface area contributed by atoms with Crippen molar-refractivity contribution < 1.29 is 27.9 Å². The van der Waals surface area contributed by atoms with Gasteiger partial charge >= 0.3 is 12.1 Å². The number of furan rings is 1. The van der Waals surface area contributed by atoms with E-state index in [0.29, 0.717) is 25.4 Å². The smallest absolute Gasteiger partial charge is 0.411 e. The molecular formula is C24H41NO6Si. The summed E-state index contributed by atoms with van der Waals surface area (Å²) in [6.07, 6.45) is 1.87. The molecular weight excluding hydrogens is 426 g/mol. The maximum absolute atomic E-state index is 13.3. The highest BCUT2D eigenvalue weighted by Gasteiger charge is 2.49. The summed E-state index contributed by atoms with van der Waals surface area (Å²) < 4.78 is 23.2. The Morgan fingerprint density at radius 1 is 1.19 bits per heavy atom. The predicted octanol–water partition coefficient (Wildman–Crippen LogP) is 5.92. The largest absolute Gasteiger partial charge is 0.467 e. The summed E-state index contributed by atoms with van der Waals surface area (Å²) in [5.41, 5.74) is -0.658. The van der Waals surface area contributed by atoms with Gasteiger partial charge in [-0.2, -0.15) is 0 Å². The van der Waals surface area contributed by atoms with Crippen LogP contribution < -0.4 is 0 Å². The first-order valence-corrected chi connectivity index (χ1v) is 14.4. The van der Waals surface area contributed by atoms with Gasteiger partial charge in [0.2, 0.25) is 0 Å². The lowest BCUT2D eigenvalue weighted by Gasteiger charge is -2.37. The summed E-state index contributed by atoms with van der Waals surface area (Å²) in [7, 11) is -2.00. The second kappa shape index (κ2) is 9.99. The van der Waals surface area contributed by atoms with Gasteiger partial charge in [0.1, 0.15) is 11.4 Å². The molecule has 3 atom stereocenters. The van der Waals surface area contributed by atoms with Crippen LogP contribution in [-0.4, -0.2) is 50.1 Å². The van der Waals surface area contributed by atoms with E-state index in [0.717, 1.165) is 0 Å². The third-order valence-corrected chi connectivity index (χ3v) is 10.8. The van der Waals surface area contributed by atoms with E-state index >= 15 is 0 Å². The van der Waals surface area contributed by atoms with Crippen LogP contribution in [0.15, 0.2) is 22.8 Å². The molecule has 182 valence electrons. The Labute approximate surface area is 193 Å². The van der Waals surface area contributed by atoms with Gasteiger partial charge in [-0.3, -0.25) is 9.69 Å². The van der Waals surface area contributed by atoms with Gasteiger partial charge < -0.3 is 18.3 Å². The number of amides is 1. The number of likely N-dealkylation sites (tertiary alicyclic amines) is 1. The Kier molecular flexibility index (Phi) is 8.26. The molecule has 7 nitrogen and oxygen atoms in total. The van der Waals surface area contributed by atoms with Gasteiger partial charge in [0.25, 0.3) is 0 Å². The molecule has 0 bridgehead atoms. The third kappa shape index (κ3) is 6.60. The van der Waals surface area contributed by atoms with E-state index in [1.165, 1.54) is 0 Å². The molecule has 1 aromatic heterocycles. The lowest BCUT2D eigenvalue weighted by atomic mass is 9.97. The topological polar surface area (TPSA) is 78.2 Å². The van der Waals surface area contributed by atoms with E-state index in [9.17, 15) is 9.59 Å². The number of hydrogen-bond donors (Lipinski definition) is 0. The number of hydrogen-bond acceptors (Lipinski definition) is 6. The van der Waals surface area contributed by atoms with Crippen LogP contribution in [0.25, 0.3) is 0 Å². The number of carbonyl (C=O) groups is 2.